The van der Waals surface area contributed by atoms with Gasteiger partial charge in [0.15, 0.2) is 0 Å². The highest BCUT2D eigenvalue weighted by atomic mass is 32.1. The number of carbonyl (C=O) groups excluding carboxylic acids is 1. The molecule has 0 aliphatic heterocycles. The number of hydrogen-bond donors (Lipinski definition) is 1. The minimum Gasteiger partial charge on any atom is -0.341 e. The first-order valence-electron chi connectivity index (χ1n) is 6.45. The van der Waals surface area contributed by atoms with E-state index in [0.717, 1.165) is 10.5 Å². The Hall–Kier alpha value is -1.47. The van der Waals surface area contributed by atoms with Crippen molar-refractivity contribution in [2.75, 3.05) is 13.1 Å². The number of thiol groups is 1. The molecule has 0 spiro atoms. The molecule has 1 aromatic rings. The largest absolute Gasteiger partial charge is 0.341 e. The van der Waals surface area contributed by atoms with Gasteiger partial charge in [0.1, 0.15) is 0 Å². The Labute approximate surface area is 120 Å². The van der Waals surface area contributed by atoms with Gasteiger partial charge in [-0.2, -0.15) is 5.26 Å². The highest BCUT2D eigenvalue weighted by molar-refractivity contribution is 7.80. The van der Waals surface area contributed by atoms with E-state index in [1.165, 1.54) is 0 Å². The monoisotopic (exact) mass is 276 g/mol. The number of carbonyl (C=O) groups is 1. The first-order chi connectivity index (χ1) is 9.02. The molecule has 19 heavy (non-hydrogen) atoms. The molecule has 1 aromatic carbocycles. The van der Waals surface area contributed by atoms with Crippen LogP contribution in [0.1, 0.15) is 25.8 Å². The highest BCUT2D eigenvalue weighted by Crippen LogP contribution is 2.10. The predicted octanol–water partition coefficient (Wildman–Crippen LogP) is 2.92. The van der Waals surface area contributed by atoms with Crippen molar-refractivity contribution in [3.05, 3.63) is 29.8 Å². The van der Waals surface area contributed by atoms with Crippen LogP contribution in [-0.2, 0) is 11.2 Å². The quantitative estimate of drug-likeness (QED) is 0.812. The zero-order chi connectivity index (χ0) is 14.3. The molecule has 0 saturated heterocycles. The third kappa shape index (κ3) is 5.80. The molecular formula is C15H20N2OS. The first-order valence-corrected chi connectivity index (χ1v) is 6.90. The summed E-state index contributed by atoms with van der Waals surface area (Å²) in [4.78, 5) is 14.9. The molecule has 3 nitrogen and oxygen atoms in total. The van der Waals surface area contributed by atoms with Gasteiger partial charge in [-0.15, -0.1) is 12.6 Å². The lowest BCUT2D eigenvalue weighted by molar-refractivity contribution is -0.130. The minimum absolute atomic E-state index is 0.0795. The van der Waals surface area contributed by atoms with Crippen molar-refractivity contribution >= 4 is 18.5 Å². The molecule has 0 aliphatic rings. The second-order valence-electron chi connectivity index (χ2n) is 4.98. The smallest absolute Gasteiger partial charge is 0.227 e. The summed E-state index contributed by atoms with van der Waals surface area (Å²) in [5, 5.41) is 8.65. The Kier molecular flexibility index (Phi) is 6.44. The van der Waals surface area contributed by atoms with Crippen molar-refractivity contribution in [1.29, 1.82) is 5.26 Å². The summed E-state index contributed by atoms with van der Waals surface area (Å²) in [6.45, 7) is 5.36. The molecule has 0 aromatic heterocycles. The van der Waals surface area contributed by atoms with E-state index in [4.69, 9.17) is 5.26 Å². The third-order valence-corrected chi connectivity index (χ3v) is 3.02. The number of benzene rings is 1. The molecule has 102 valence electrons. The van der Waals surface area contributed by atoms with Gasteiger partial charge in [0.25, 0.3) is 0 Å². The second-order valence-corrected chi connectivity index (χ2v) is 5.50. The number of hydrogen-bond acceptors (Lipinski definition) is 3. The van der Waals surface area contributed by atoms with Crippen LogP contribution in [0.2, 0.25) is 0 Å². The van der Waals surface area contributed by atoms with Crippen LogP contribution in [0.3, 0.4) is 0 Å². The molecule has 4 heteroatoms. The zero-order valence-electron chi connectivity index (χ0n) is 11.5. The summed E-state index contributed by atoms with van der Waals surface area (Å²) in [5.41, 5.74) is 0.980. The maximum absolute atomic E-state index is 12.2. The molecule has 0 heterocycles. The van der Waals surface area contributed by atoms with Crippen LogP contribution in [0.5, 0.6) is 0 Å². The van der Waals surface area contributed by atoms with Crippen LogP contribution in [0.25, 0.3) is 0 Å². The number of amides is 1. The van der Waals surface area contributed by atoms with Crippen LogP contribution in [0.15, 0.2) is 29.2 Å². The first kappa shape index (κ1) is 15.6. The molecular weight excluding hydrogens is 256 g/mol. The molecule has 0 atom stereocenters. The molecule has 0 unspecified atom stereocenters. The minimum atomic E-state index is 0.0795. The summed E-state index contributed by atoms with van der Waals surface area (Å²) in [6.07, 6.45) is 0.764. The maximum atomic E-state index is 12.2. The van der Waals surface area contributed by atoms with Gasteiger partial charge in [-0.1, -0.05) is 26.0 Å². The molecule has 0 bridgehead atoms. The molecule has 0 fully saturated rings. The van der Waals surface area contributed by atoms with Gasteiger partial charge in [-0.05, 0) is 23.6 Å². The molecule has 1 amide bonds. The Morgan fingerprint density at radius 1 is 1.37 bits per heavy atom. The fraction of sp³-hybridized carbons (Fsp3) is 0.467. The SMILES string of the molecule is CC(C)CN(CCC#N)C(=O)Cc1ccc(S)cc1. The van der Waals surface area contributed by atoms with Crippen LogP contribution in [-0.4, -0.2) is 23.9 Å². The van der Waals surface area contributed by atoms with E-state index in [1.807, 2.05) is 24.3 Å². The Balaban J connectivity index is 2.65. The Morgan fingerprint density at radius 2 is 2.00 bits per heavy atom. The molecule has 0 N–H and O–H groups in total. The number of nitrogens with zero attached hydrogens (tertiary/aromatic N) is 2. The van der Waals surface area contributed by atoms with Crippen molar-refractivity contribution in [2.45, 2.75) is 31.6 Å². The van der Waals surface area contributed by atoms with Crippen LogP contribution in [0.4, 0.5) is 0 Å². The van der Waals surface area contributed by atoms with E-state index in [-0.39, 0.29) is 5.91 Å². The molecule has 0 radical (unpaired) electrons. The number of rotatable bonds is 6. The Morgan fingerprint density at radius 3 is 2.53 bits per heavy atom. The fourth-order valence-electron chi connectivity index (χ4n) is 1.84. The summed E-state index contributed by atoms with van der Waals surface area (Å²) in [7, 11) is 0. The second kappa shape index (κ2) is 7.85. The lowest BCUT2D eigenvalue weighted by Crippen LogP contribution is -2.36. The van der Waals surface area contributed by atoms with Crippen LogP contribution in [0, 0.1) is 17.2 Å². The number of nitriles is 1. The summed E-state index contributed by atoms with van der Waals surface area (Å²) in [5.74, 6) is 0.485. The molecule has 1 rings (SSSR count). The normalized spacial score (nSPS) is 10.3. The standard InChI is InChI=1S/C15H20N2OS/c1-12(2)11-17(9-3-8-16)15(18)10-13-4-6-14(19)7-5-13/h4-7,12,19H,3,9-11H2,1-2H3. The van der Waals surface area contributed by atoms with Gasteiger partial charge in [-0.3, -0.25) is 4.79 Å². The van der Waals surface area contributed by atoms with Gasteiger partial charge in [0.05, 0.1) is 18.9 Å². The van der Waals surface area contributed by atoms with Crippen molar-refractivity contribution in [1.82, 2.24) is 4.90 Å². The van der Waals surface area contributed by atoms with E-state index in [9.17, 15) is 4.79 Å². The van der Waals surface area contributed by atoms with Gasteiger partial charge in [0, 0.05) is 18.0 Å². The van der Waals surface area contributed by atoms with Crippen molar-refractivity contribution < 1.29 is 4.79 Å². The van der Waals surface area contributed by atoms with Crippen molar-refractivity contribution in [2.24, 2.45) is 5.92 Å². The molecule has 0 aliphatic carbocycles. The summed E-state index contributed by atoms with van der Waals surface area (Å²) >= 11 is 4.22. The molecule has 0 saturated carbocycles. The van der Waals surface area contributed by atoms with Crippen LogP contribution >= 0.6 is 12.6 Å². The van der Waals surface area contributed by atoms with E-state index < -0.39 is 0 Å². The van der Waals surface area contributed by atoms with E-state index in [0.29, 0.717) is 31.8 Å². The van der Waals surface area contributed by atoms with Crippen molar-refractivity contribution in [3.63, 3.8) is 0 Å². The lowest BCUT2D eigenvalue weighted by Gasteiger charge is -2.23. The van der Waals surface area contributed by atoms with E-state index in [1.54, 1.807) is 4.90 Å². The van der Waals surface area contributed by atoms with Crippen LogP contribution < -0.4 is 0 Å². The van der Waals surface area contributed by atoms with E-state index in [2.05, 4.69) is 32.5 Å². The van der Waals surface area contributed by atoms with Gasteiger partial charge in [-0.25, -0.2) is 0 Å². The highest BCUT2D eigenvalue weighted by Gasteiger charge is 2.14. The maximum Gasteiger partial charge on any atom is 0.227 e. The third-order valence-electron chi connectivity index (χ3n) is 2.72. The lowest BCUT2D eigenvalue weighted by atomic mass is 10.1. The Bertz CT molecular complexity index is 448. The fourth-order valence-corrected chi connectivity index (χ4v) is 1.99. The predicted molar refractivity (Wildman–Crippen MR) is 79.0 cm³/mol. The average molecular weight is 276 g/mol. The summed E-state index contributed by atoms with van der Waals surface area (Å²) < 4.78 is 0. The van der Waals surface area contributed by atoms with Gasteiger partial charge < -0.3 is 4.90 Å². The summed E-state index contributed by atoms with van der Waals surface area (Å²) in [6, 6.07) is 9.69. The van der Waals surface area contributed by atoms with Crippen molar-refractivity contribution in [3.8, 4) is 6.07 Å². The van der Waals surface area contributed by atoms with Gasteiger partial charge in [0.2, 0.25) is 5.91 Å². The topological polar surface area (TPSA) is 44.1 Å². The zero-order valence-corrected chi connectivity index (χ0v) is 12.4. The average Bonchev–Trinajstić information content (AvgIpc) is 2.36. The van der Waals surface area contributed by atoms with Gasteiger partial charge >= 0.3 is 0 Å². The van der Waals surface area contributed by atoms with E-state index >= 15 is 0 Å².